The normalized spacial score (nSPS) is 10.7. The molecule has 0 saturated carbocycles. The smallest absolute Gasteiger partial charge is 0.248 e. The Morgan fingerprint density at radius 1 is 1.04 bits per heavy atom. The van der Waals surface area contributed by atoms with Crippen molar-refractivity contribution in [3.05, 3.63) is 71.6 Å². The van der Waals surface area contributed by atoms with Gasteiger partial charge in [0.15, 0.2) is 11.6 Å². The molecule has 4 rings (SSSR count). The molecule has 0 unspecified atom stereocenters. The second-order valence-electron chi connectivity index (χ2n) is 5.96. The van der Waals surface area contributed by atoms with Crippen molar-refractivity contribution in [1.82, 2.24) is 15.0 Å². The summed E-state index contributed by atoms with van der Waals surface area (Å²) in [5, 5.41) is 4.78. The molecule has 0 bridgehead atoms. The summed E-state index contributed by atoms with van der Waals surface area (Å²) in [6.07, 6.45) is 3.11. The standard InChI is InChI=1S/C20H16ClN5O/c1-12-7-8-14(21)10-15(12)26-19-17(22)20(25-11-24-19)27-16-6-2-4-13-5-3-9-23-18(13)16/h2-11H,22H2,1H3,(H,24,25,26). The van der Waals surface area contributed by atoms with Crippen LogP contribution in [0.15, 0.2) is 61.1 Å². The van der Waals surface area contributed by atoms with Gasteiger partial charge in [0.1, 0.15) is 17.5 Å². The maximum absolute atomic E-state index is 6.25. The third kappa shape index (κ3) is 3.47. The van der Waals surface area contributed by atoms with Crippen LogP contribution in [-0.2, 0) is 0 Å². The molecule has 134 valence electrons. The van der Waals surface area contributed by atoms with E-state index >= 15 is 0 Å². The van der Waals surface area contributed by atoms with Gasteiger partial charge in [-0.2, -0.15) is 4.98 Å². The van der Waals surface area contributed by atoms with Crippen molar-refractivity contribution in [3.8, 4) is 11.6 Å². The van der Waals surface area contributed by atoms with Gasteiger partial charge in [-0.3, -0.25) is 4.98 Å². The molecular weight excluding hydrogens is 362 g/mol. The number of nitrogens with zero attached hydrogens (tertiary/aromatic N) is 3. The summed E-state index contributed by atoms with van der Waals surface area (Å²) < 4.78 is 5.95. The van der Waals surface area contributed by atoms with Crippen molar-refractivity contribution in [2.24, 2.45) is 0 Å². The van der Waals surface area contributed by atoms with Crippen molar-refractivity contribution < 1.29 is 4.74 Å². The zero-order valence-electron chi connectivity index (χ0n) is 14.5. The van der Waals surface area contributed by atoms with E-state index in [0.717, 1.165) is 22.2 Å². The number of aromatic nitrogens is 3. The van der Waals surface area contributed by atoms with Gasteiger partial charge >= 0.3 is 0 Å². The minimum atomic E-state index is 0.255. The minimum absolute atomic E-state index is 0.255. The number of nitrogens with two attached hydrogens (primary N) is 1. The number of para-hydroxylation sites is 1. The third-order valence-corrected chi connectivity index (χ3v) is 4.34. The predicted octanol–water partition coefficient (Wildman–Crippen LogP) is 5.10. The molecule has 0 fully saturated rings. The van der Waals surface area contributed by atoms with Crippen molar-refractivity contribution in [2.45, 2.75) is 6.92 Å². The Hall–Kier alpha value is -3.38. The lowest BCUT2D eigenvalue weighted by Crippen LogP contribution is -2.04. The summed E-state index contributed by atoms with van der Waals surface area (Å²) in [5.74, 6) is 1.27. The van der Waals surface area contributed by atoms with Crippen LogP contribution < -0.4 is 15.8 Å². The number of halogens is 1. The molecule has 2 aromatic carbocycles. The van der Waals surface area contributed by atoms with Crippen LogP contribution in [0.25, 0.3) is 10.9 Å². The van der Waals surface area contributed by atoms with Gasteiger partial charge in [0.2, 0.25) is 5.88 Å². The Bertz CT molecular complexity index is 1130. The van der Waals surface area contributed by atoms with Crippen molar-refractivity contribution in [2.75, 3.05) is 11.1 Å². The van der Waals surface area contributed by atoms with Crippen LogP contribution in [0, 0.1) is 6.92 Å². The van der Waals surface area contributed by atoms with Gasteiger partial charge < -0.3 is 15.8 Å². The Kier molecular flexibility index (Phi) is 4.48. The number of rotatable bonds is 4. The van der Waals surface area contributed by atoms with Gasteiger partial charge in [0.25, 0.3) is 0 Å². The molecule has 2 heterocycles. The highest BCUT2D eigenvalue weighted by atomic mass is 35.5. The van der Waals surface area contributed by atoms with Gasteiger partial charge in [-0.1, -0.05) is 35.9 Å². The van der Waals surface area contributed by atoms with E-state index in [-0.39, 0.29) is 5.88 Å². The van der Waals surface area contributed by atoms with Crippen LogP contribution in [0.1, 0.15) is 5.56 Å². The Labute approximate surface area is 161 Å². The van der Waals surface area contributed by atoms with Crippen LogP contribution in [-0.4, -0.2) is 15.0 Å². The Morgan fingerprint density at radius 3 is 2.78 bits per heavy atom. The van der Waals surface area contributed by atoms with Gasteiger partial charge in [0.05, 0.1) is 0 Å². The number of nitrogens with one attached hydrogen (secondary N) is 1. The van der Waals surface area contributed by atoms with E-state index in [2.05, 4.69) is 20.3 Å². The maximum Gasteiger partial charge on any atom is 0.248 e. The number of pyridine rings is 1. The van der Waals surface area contributed by atoms with Crippen LogP contribution in [0.5, 0.6) is 11.6 Å². The SMILES string of the molecule is Cc1ccc(Cl)cc1Nc1ncnc(Oc2cccc3cccnc23)c1N. The van der Waals surface area contributed by atoms with E-state index in [9.17, 15) is 0 Å². The highest BCUT2D eigenvalue weighted by Crippen LogP contribution is 2.34. The number of aryl methyl sites for hydroxylation is 1. The molecule has 0 amide bonds. The number of hydrogen-bond acceptors (Lipinski definition) is 6. The Morgan fingerprint density at radius 2 is 1.89 bits per heavy atom. The quantitative estimate of drug-likeness (QED) is 0.514. The molecule has 0 atom stereocenters. The van der Waals surface area contributed by atoms with E-state index in [4.69, 9.17) is 22.1 Å². The molecule has 6 nitrogen and oxygen atoms in total. The number of ether oxygens (including phenoxy) is 1. The number of nitrogen functional groups attached to an aromatic ring is 1. The highest BCUT2D eigenvalue weighted by molar-refractivity contribution is 6.30. The highest BCUT2D eigenvalue weighted by Gasteiger charge is 2.13. The largest absolute Gasteiger partial charge is 0.435 e. The molecular formula is C20H16ClN5O. The number of hydrogen-bond donors (Lipinski definition) is 2. The minimum Gasteiger partial charge on any atom is -0.435 e. The maximum atomic E-state index is 6.25. The summed E-state index contributed by atoms with van der Waals surface area (Å²) in [4.78, 5) is 12.8. The Balaban J connectivity index is 1.69. The fourth-order valence-corrected chi connectivity index (χ4v) is 2.85. The molecule has 0 radical (unpaired) electrons. The molecule has 0 aliphatic rings. The average molecular weight is 378 g/mol. The zero-order chi connectivity index (χ0) is 18.8. The topological polar surface area (TPSA) is 86.0 Å². The molecule has 3 N–H and O–H groups in total. The fraction of sp³-hybridized carbons (Fsp3) is 0.0500. The van der Waals surface area contributed by atoms with Gasteiger partial charge in [-0.25, -0.2) is 4.98 Å². The molecule has 0 aliphatic heterocycles. The number of benzene rings is 2. The van der Waals surface area contributed by atoms with Crippen LogP contribution in [0.4, 0.5) is 17.2 Å². The molecule has 0 saturated heterocycles. The first-order chi connectivity index (χ1) is 13.1. The number of fused-ring (bicyclic) bond motifs is 1. The first kappa shape index (κ1) is 17.1. The van der Waals surface area contributed by atoms with E-state index in [0.29, 0.717) is 22.3 Å². The summed E-state index contributed by atoms with van der Waals surface area (Å²) in [7, 11) is 0. The zero-order valence-corrected chi connectivity index (χ0v) is 15.2. The molecule has 27 heavy (non-hydrogen) atoms. The summed E-state index contributed by atoms with van der Waals surface area (Å²) in [6, 6.07) is 15.1. The molecule has 2 aromatic heterocycles. The van der Waals surface area contributed by atoms with Crippen LogP contribution in [0.2, 0.25) is 5.02 Å². The van der Waals surface area contributed by atoms with Crippen LogP contribution >= 0.6 is 11.6 Å². The van der Waals surface area contributed by atoms with E-state index in [1.165, 1.54) is 6.33 Å². The lowest BCUT2D eigenvalue weighted by atomic mass is 10.2. The molecule has 4 aromatic rings. The van der Waals surface area contributed by atoms with Crippen molar-refractivity contribution in [3.63, 3.8) is 0 Å². The second-order valence-corrected chi connectivity index (χ2v) is 6.40. The average Bonchev–Trinajstić information content (AvgIpc) is 2.68. The van der Waals surface area contributed by atoms with E-state index < -0.39 is 0 Å². The van der Waals surface area contributed by atoms with Crippen LogP contribution in [0.3, 0.4) is 0 Å². The monoisotopic (exact) mass is 377 g/mol. The van der Waals surface area contributed by atoms with Crippen molar-refractivity contribution in [1.29, 1.82) is 0 Å². The van der Waals surface area contributed by atoms with Gasteiger partial charge in [-0.15, -0.1) is 0 Å². The lowest BCUT2D eigenvalue weighted by molar-refractivity contribution is 0.469. The summed E-state index contributed by atoms with van der Waals surface area (Å²) >= 11 is 6.08. The first-order valence-corrected chi connectivity index (χ1v) is 8.65. The van der Waals surface area contributed by atoms with E-state index in [1.54, 1.807) is 6.20 Å². The third-order valence-electron chi connectivity index (χ3n) is 4.10. The molecule has 7 heteroatoms. The predicted molar refractivity (Wildman–Crippen MR) is 108 cm³/mol. The molecule has 0 spiro atoms. The van der Waals surface area contributed by atoms with Gasteiger partial charge in [0, 0.05) is 22.3 Å². The second kappa shape index (κ2) is 7.09. The molecule has 0 aliphatic carbocycles. The summed E-state index contributed by atoms with van der Waals surface area (Å²) in [6.45, 7) is 1.97. The summed E-state index contributed by atoms with van der Waals surface area (Å²) in [5.41, 5.74) is 9.10. The first-order valence-electron chi connectivity index (χ1n) is 8.27. The van der Waals surface area contributed by atoms with Gasteiger partial charge in [-0.05, 0) is 36.8 Å². The number of anilines is 3. The fourth-order valence-electron chi connectivity index (χ4n) is 2.68. The van der Waals surface area contributed by atoms with E-state index in [1.807, 2.05) is 55.5 Å². The van der Waals surface area contributed by atoms with Crippen molar-refractivity contribution >= 4 is 39.7 Å². The lowest BCUT2D eigenvalue weighted by Gasteiger charge is -2.14.